The first-order valence-electron chi connectivity index (χ1n) is 8.03. The first-order valence-corrected chi connectivity index (χ1v) is 8.03. The maximum absolute atomic E-state index is 12.3. The van der Waals surface area contributed by atoms with E-state index < -0.39 is 0 Å². The zero-order valence-corrected chi connectivity index (χ0v) is 14.4. The molecule has 1 aromatic heterocycles. The van der Waals surface area contributed by atoms with E-state index in [0.29, 0.717) is 11.4 Å². The Hall–Kier alpha value is -3.72. The fourth-order valence-corrected chi connectivity index (χ4v) is 2.34. The molecule has 1 heterocycles. The van der Waals surface area contributed by atoms with Gasteiger partial charge in [0.05, 0.1) is 24.0 Å². The van der Waals surface area contributed by atoms with Crippen LogP contribution in [0.4, 0.5) is 17.2 Å². The molecule has 3 aromatic rings. The smallest absolute Gasteiger partial charge is 0.275 e. The van der Waals surface area contributed by atoms with Crippen molar-refractivity contribution in [3.05, 3.63) is 77.2 Å². The number of hydrogen-bond acceptors (Lipinski definition) is 5. The number of benzene rings is 2. The molecule has 0 fully saturated rings. The quantitative estimate of drug-likeness (QED) is 0.748. The maximum atomic E-state index is 12.3. The number of anilines is 3. The molecule has 0 saturated carbocycles. The van der Waals surface area contributed by atoms with E-state index in [-0.39, 0.29) is 11.6 Å². The third kappa shape index (κ3) is 4.02. The fourth-order valence-electron chi connectivity index (χ4n) is 2.34. The van der Waals surface area contributed by atoms with Gasteiger partial charge in [-0.1, -0.05) is 12.1 Å². The zero-order valence-electron chi connectivity index (χ0n) is 14.4. The van der Waals surface area contributed by atoms with Crippen LogP contribution in [-0.2, 0) is 0 Å². The van der Waals surface area contributed by atoms with Crippen LogP contribution in [0.5, 0.6) is 0 Å². The predicted octanol–water partition coefficient (Wildman–Crippen LogP) is 3.96. The number of aryl methyl sites for hydroxylation is 2. The van der Waals surface area contributed by atoms with Crippen molar-refractivity contribution < 1.29 is 4.79 Å². The van der Waals surface area contributed by atoms with Crippen molar-refractivity contribution in [2.45, 2.75) is 13.8 Å². The standard InChI is InChI=1S/C20H17N5O/c1-13-6-7-17(8-14(13)2)25-20(26)18-11-23-19(12-22-18)24-16-5-3-4-15(9-16)10-21/h3-9,11-12H,1-2H3,(H,23,24)(H,25,26). The first kappa shape index (κ1) is 17.1. The van der Waals surface area contributed by atoms with Gasteiger partial charge in [-0.15, -0.1) is 0 Å². The summed E-state index contributed by atoms with van der Waals surface area (Å²) in [4.78, 5) is 20.7. The van der Waals surface area contributed by atoms with Gasteiger partial charge in [-0.2, -0.15) is 5.26 Å². The summed E-state index contributed by atoms with van der Waals surface area (Å²) in [6.07, 6.45) is 2.89. The topological polar surface area (TPSA) is 90.7 Å². The molecule has 0 bridgehead atoms. The van der Waals surface area contributed by atoms with E-state index in [0.717, 1.165) is 16.9 Å². The second kappa shape index (κ2) is 7.45. The molecule has 0 radical (unpaired) electrons. The summed E-state index contributed by atoms with van der Waals surface area (Å²) in [5, 5.41) is 14.8. The fraction of sp³-hybridized carbons (Fsp3) is 0.100. The number of hydrogen-bond donors (Lipinski definition) is 2. The molecule has 0 spiro atoms. The zero-order chi connectivity index (χ0) is 18.5. The van der Waals surface area contributed by atoms with Gasteiger partial charge in [-0.3, -0.25) is 4.79 Å². The molecule has 0 aliphatic rings. The van der Waals surface area contributed by atoms with Gasteiger partial charge < -0.3 is 10.6 Å². The molecule has 2 N–H and O–H groups in total. The van der Waals surface area contributed by atoms with E-state index in [4.69, 9.17) is 5.26 Å². The number of rotatable bonds is 4. The molecule has 0 aliphatic heterocycles. The number of nitrogens with zero attached hydrogens (tertiary/aromatic N) is 3. The van der Waals surface area contributed by atoms with Crippen LogP contribution in [0.1, 0.15) is 27.2 Å². The lowest BCUT2D eigenvalue weighted by molar-refractivity contribution is 0.102. The van der Waals surface area contributed by atoms with Crippen LogP contribution >= 0.6 is 0 Å². The Kier molecular flexibility index (Phi) is 4.90. The Morgan fingerprint density at radius 3 is 2.54 bits per heavy atom. The summed E-state index contributed by atoms with van der Waals surface area (Å²) in [5.41, 5.74) is 4.49. The van der Waals surface area contributed by atoms with Gasteiger partial charge in [-0.25, -0.2) is 9.97 Å². The summed E-state index contributed by atoms with van der Waals surface area (Å²) in [5.74, 6) is 0.168. The van der Waals surface area contributed by atoms with Gasteiger partial charge in [0, 0.05) is 11.4 Å². The van der Waals surface area contributed by atoms with E-state index in [1.165, 1.54) is 18.0 Å². The third-order valence-electron chi connectivity index (χ3n) is 3.91. The van der Waals surface area contributed by atoms with Gasteiger partial charge in [0.2, 0.25) is 0 Å². The minimum atomic E-state index is -0.321. The lowest BCUT2D eigenvalue weighted by Crippen LogP contribution is -2.14. The molecule has 128 valence electrons. The number of nitrogens with one attached hydrogen (secondary N) is 2. The van der Waals surface area contributed by atoms with Crippen molar-refractivity contribution in [2.75, 3.05) is 10.6 Å². The molecule has 6 nitrogen and oxygen atoms in total. The van der Waals surface area contributed by atoms with Crippen molar-refractivity contribution in [3.8, 4) is 6.07 Å². The minimum absolute atomic E-state index is 0.222. The summed E-state index contributed by atoms with van der Waals surface area (Å²) >= 11 is 0. The third-order valence-corrected chi connectivity index (χ3v) is 3.91. The number of carbonyl (C=O) groups is 1. The number of amides is 1. The lowest BCUT2D eigenvalue weighted by atomic mass is 10.1. The Morgan fingerprint density at radius 1 is 1.00 bits per heavy atom. The molecule has 0 unspecified atom stereocenters. The Bertz CT molecular complexity index is 990. The van der Waals surface area contributed by atoms with Crippen LogP contribution in [0.3, 0.4) is 0 Å². The minimum Gasteiger partial charge on any atom is -0.339 e. The van der Waals surface area contributed by atoms with E-state index >= 15 is 0 Å². The highest BCUT2D eigenvalue weighted by Crippen LogP contribution is 2.17. The lowest BCUT2D eigenvalue weighted by Gasteiger charge is -2.08. The Morgan fingerprint density at radius 2 is 1.85 bits per heavy atom. The van der Waals surface area contributed by atoms with Crippen molar-refractivity contribution >= 4 is 23.1 Å². The highest BCUT2D eigenvalue weighted by molar-refractivity contribution is 6.02. The van der Waals surface area contributed by atoms with Crippen molar-refractivity contribution in [2.24, 2.45) is 0 Å². The Labute approximate surface area is 151 Å². The molecule has 0 aliphatic carbocycles. The van der Waals surface area contributed by atoms with Gasteiger partial charge in [0.15, 0.2) is 0 Å². The molecular weight excluding hydrogens is 326 g/mol. The van der Waals surface area contributed by atoms with Crippen LogP contribution < -0.4 is 10.6 Å². The normalized spacial score (nSPS) is 10.0. The van der Waals surface area contributed by atoms with E-state index in [1.807, 2.05) is 38.1 Å². The van der Waals surface area contributed by atoms with Crippen molar-refractivity contribution in [1.29, 1.82) is 5.26 Å². The summed E-state index contributed by atoms with van der Waals surface area (Å²) in [7, 11) is 0. The predicted molar refractivity (Wildman–Crippen MR) is 100 cm³/mol. The number of nitriles is 1. The monoisotopic (exact) mass is 343 g/mol. The summed E-state index contributed by atoms with van der Waals surface area (Å²) in [6, 6.07) is 14.8. The summed E-state index contributed by atoms with van der Waals surface area (Å²) < 4.78 is 0. The van der Waals surface area contributed by atoms with Crippen molar-refractivity contribution in [3.63, 3.8) is 0 Å². The second-order valence-electron chi connectivity index (χ2n) is 5.86. The summed E-state index contributed by atoms with van der Waals surface area (Å²) in [6.45, 7) is 4.01. The second-order valence-corrected chi connectivity index (χ2v) is 5.86. The van der Waals surface area contributed by atoms with Crippen LogP contribution in [0.25, 0.3) is 0 Å². The largest absolute Gasteiger partial charge is 0.339 e. The van der Waals surface area contributed by atoms with Gasteiger partial charge in [0.1, 0.15) is 11.5 Å². The molecule has 3 rings (SSSR count). The maximum Gasteiger partial charge on any atom is 0.275 e. The molecular formula is C20H17N5O. The average Bonchev–Trinajstić information content (AvgIpc) is 2.65. The van der Waals surface area contributed by atoms with E-state index in [1.54, 1.807) is 18.2 Å². The van der Waals surface area contributed by atoms with Crippen molar-refractivity contribution in [1.82, 2.24) is 9.97 Å². The number of carbonyl (C=O) groups excluding carboxylic acids is 1. The molecule has 26 heavy (non-hydrogen) atoms. The van der Waals surface area contributed by atoms with Crippen LogP contribution in [0, 0.1) is 25.2 Å². The molecule has 6 heteroatoms. The van der Waals surface area contributed by atoms with Crippen LogP contribution in [-0.4, -0.2) is 15.9 Å². The molecule has 0 saturated heterocycles. The molecule has 2 aromatic carbocycles. The SMILES string of the molecule is Cc1ccc(NC(=O)c2cnc(Nc3cccc(C#N)c3)cn2)cc1C. The van der Waals surface area contributed by atoms with Gasteiger partial charge in [-0.05, 0) is 55.3 Å². The first-order chi connectivity index (χ1) is 12.5. The van der Waals surface area contributed by atoms with Gasteiger partial charge in [0.25, 0.3) is 5.91 Å². The molecule has 1 amide bonds. The Balaban J connectivity index is 1.69. The molecule has 0 atom stereocenters. The van der Waals surface area contributed by atoms with Crippen LogP contribution in [0.2, 0.25) is 0 Å². The van der Waals surface area contributed by atoms with Gasteiger partial charge >= 0.3 is 0 Å². The average molecular weight is 343 g/mol. The number of aromatic nitrogens is 2. The highest BCUT2D eigenvalue weighted by atomic mass is 16.1. The van der Waals surface area contributed by atoms with Crippen LogP contribution in [0.15, 0.2) is 54.9 Å². The van der Waals surface area contributed by atoms with E-state index in [2.05, 4.69) is 26.7 Å². The van der Waals surface area contributed by atoms with E-state index in [9.17, 15) is 4.79 Å². The highest BCUT2D eigenvalue weighted by Gasteiger charge is 2.09.